The number of likely N-dealkylation sites (tertiary alicyclic amines) is 1. The number of phenolic OH excluding ortho intramolecular Hbond substituents is 1. The molecule has 0 amide bonds. The second-order valence-corrected chi connectivity index (χ2v) is 10.9. The fourth-order valence-electron chi connectivity index (χ4n) is 6.15. The van der Waals surface area contributed by atoms with Crippen LogP contribution in [0.1, 0.15) is 30.5 Å². The summed E-state index contributed by atoms with van der Waals surface area (Å²) in [7, 11) is 0. The van der Waals surface area contributed by atoms with Crippen molar-refractivity contribution in [2.75, 3.05) is 68.8 Å². The fourth-order valence-corrected chi connectivity index (χ4v) is 6.15. The first kappa shape index (κ1) is 26.4. The Kier molecular flexibility index (Phi) is 7.99. The molecule has 2 fully saturated rings. The number of hydrogen-bond acceptors (Lipinski definition) is 9. The number of aldehydes is 1. The molecule has 0 unspecified atom stereocenters. The maximum Gasteiger partial charge on any atom is 0.318 e. The van der Waals surface area contributed by atoms with Crippen LogP contribution in [0.4, 0.5) is 11.5 Å². The van der Waals surface area contributed by atoms with Gasteiger partial charge in [-0.05, 0) is 49.9 Å². The van der Waals surface area contributed by atoms with E-state index in [-0.39, 0.29) is 5.75 Å². The molecular weight excluding hydrogens is 504 g/mol. The SMILES string of the molecule is O=CC=CN1CCN(c2nc(OCCN3CCCCC3)nc3c2CCN(c2cc(O)cc4ccccc24)C3)CC1. The molecule has 1 aromatic heterocycles. The summed E-state index contributed by atoms with van der Waals surface area (Å²) in [4.78, 5) is 29.9. The molecule has 0 aliphatic carbocycles. The van der Waals surface area contributed by atoms with E-state index in [9.17, 15) is 9.90 Å². The van der Waals surface area contributed by atoms with Crippen LogP contribution in [0.25, 0.3) is 10.8 Å². The van der Waals surface area contributed by atoms with E-state index in [4.69, 9.17) is 14.7 Å². The average Bonchev–Trinajstić information content (AvgIpc) is 2.99. The van der Waals surface area contributed by atoms with Crippen molar-refractivity contribution in [2.45, 2.75) is 32.2 Å². The van der Waals surface area contributed by atoms with Gasteiger partial charge in [0.1, 0.15) is 24.5 Å². The number of allylic oxidation sites excluding steroid dienone is 1. The van der Waals surface area contributed by atoms with E-state index in [0.29, 0.717) is 19.2 Å². The Morgan fingerprint density at radius 3 is 2.58 bits per heavy atom. The van der Waals surface area contributed by atoms with E-state index in [1.165, 1.54) is 24.8 Å². The molecule has 3 aliphatic rings. The molecule has 2 saturated heterocycles. The number of carbonyl (C=O) groups is 1. The van der Waals surface area contributed by atoms with Gasteiger partial charge >= 0.3 is 6.01 Å². The molecule has 0 saturated carbocycles. The van der Waals surface area contributed by atoms with Crippen molar-refractivity contribution in [1.29, 1.82) is 0 Å². The van der Waals surface area contributed by atoms with Crippen molar-refractivity contribution >= 4 is 28.6 Å². The van der Waals surface area contributed by atoms with E-state index in [0.717, 1.165) is 93.0 Å². The predicted molar refractivity (Wildman–Crippen MR) is 157 cm³/mol. The van der Waals surface area contributed by atoms with Gasteiger partial charge in [0.25, 0.3) is 0 Å². The van der Waals surface area contributed by atoms with Crippen LogP contribution in [0.5, 0.6) is 11.8 Å². The Morgan fingerprint density at radius 2 is 1.75 bits per heavy atom. The number of piperidine rings is 1. The highest BCUT2D eigenvalue weighted by Crippen LogP contribution is 2.36. The quantitative estimate of drug-likeness (QED) is 0.339. The zero-order valence-corrected chi connectivity index (χ0v) is 23.0. The predicted octanol–water partition coefficient (Wildman–Crippen LogP) is 3.60. The molecule has 3 aromatic rings. The minimum absolute atomic E-state index is 0.270. The van der Waals surface area contributed by atoms with Crippen molar-refractivity contribution in [3.8, 4) is 11.8 Å². The molecule has 9 nitrogen and oxygen atoms in total. The first-order valence-electron chi connectivity index (χ1n) is 14.5. The highest BCUT2D eigenvalue weighted by atomic mass is 16.5. The van der Waals surface area contributed by atoms with Gasteiger partial charge < -0.3 is 24.5 Å². The highest BCUT2D eigenvalue weighted by molar-refractivity contribution is 5.95. The van der Waals surface area contributed by atoms with Crippen LogP contribution in [-0.4, -0.2) is 90.1 Å². The van der Waals surface area contributed by atoms with Crippen molar-refractivity contribution in [1.82, 2.24) is 19.8 Å². The zero-order valence-electron chi connectivity index (χ0n) is 23.0. The third-order valence-corrected chi connectivity index (χ3v) is 8.26. The van der Waals surface area contributed by atoms with Crippen molar-refractivity contribution in [3.05, 3.63) is 59.9 Å². The third kappa shape index (κ3) is 5.84. The number of fused-ring (bicyclic) bond motifs is 2. The molecule has 3 aliphatic heterocycles. The Hall–Kier alpha value is -3.85. The largest absolute Gasteiger partial charge is 0.508 e. The Morgan fingerprint density at radius 1 is 0.925 bits per heavy atom. The first-order valence-corrected chi connectivity index (χ1v) is 14.5. The average molecular weight is 543 g/mol. The number of hydrogen-bond donors (Lipinski definition) is 1. The summed E-state index contributed by atoms with van der Waals surface area (Å²) in [6.07, 6.45) is 8.89. The third-order valence-electron chi connectivity index (χ3n) is 8.26. The van der Waals surface area contributed by atoms with Crippen LogP contribution in [0, 0.1) is 0 Å². The zero-order chi connectivity index (χ0) is 27.3. The molecule has 40 heavy (non-hydrogen) atoms. The summed E-state index contributed by atoms with van der Waals surface area (Å²) in [5, 5.41) is 12.6. The summed E-state index contributed by atoms with van der Waals surface area (Å²) in [5.41, 5.74) is 3.19. The Labute approximate surface area is 235 Å². The van der Waals surface area contributed by atoms with E-state index < -0.39 is 0 Å². The topological polar surface area (TPSA) is 85.3 Å². The second-order valence-electron chi connectivity index (χ2n) is 10.9. The number of carbonyl (C=O) groups excluding carboxylic acids is 1. The lowest BCUT2D eigenvalue weighted by molar-refractivity contribution is -0.104. The summed E-state index contributed by atoms with van der Waals surface area (Å²) in [5.74, 6) is 1.24. The van der Waals surface area contributed by atoms with E-state index in [1.54, 1.807) is 6.08 Å². The highest BCUT2D eigenvalue weighted by Gasteiger charge is 2.28. The lowest BCUT2D eigenvalue weighted by atomic mass is 10.0. The van der Waals surface area contributed by atoms with E-state index in [1.807, 2.05) is 36.5 Å². The first-order chi connectivity index (χ1) is 19.7. The molecule has 0 spiro atoms. The number of rotatable bonds is 8. The van der Waals surface area contributed by atoms with Crippen molar-refractivity contribution in [2.24, 2.45) is 0 Å². The van der Waals surface area contributed by atoms with E-state index >= 15 is 0 Å². The maximum atomic E-state index is 10.8. The minimum atomic E-state index is 0.270. The maximum absolute atomic E-state index is 10.8. The molecule has 4 heterocycles. The summed E-state index contributed by atoms with van der Waals surface area (Å²) in [6.45, 7) is 8.47. The molecular formula is C31H38N6O3. The van der Waals surface area contributed by atoms with Gasteiger partial charge in [-0.2, -0.15) is 9.97 Å². The molecule has 1 N–H and O–H groups in total. The number of ether oxygens (including phenoxy) is 1. The summed E-state index contributed by atoms with van der Waals surface area (Å²) < 4.78 is 6.20. The van der Waals surface area contributed by atoms with Crippen LogP contribution in [-0.2, 0) is 17.8 Å². The Bertz CT molecular complexity index is 1360. The van der Waals surface area contributed by atoms with Gasteiger partial charge in [0.05, 0.1) is 12.2 Å². The number of benzene rings is 2. The van der Waals surface area contributed by atoms with Gasteiger partial charge in [-0.15, -0.1) is 0 Å². The van der Waals surface area contributed by atoms with Crippen LogP contribution < -0.4 is 14.5 Å². The fraction of sp³-hybridized carbons (Fsp3) is 0.452. The van der Waals surface area contributed by atoms with E-state index in [2.05, 4.69) is 25.7 Å². The number of piperazine rings is 1. The minimum Gasteiger partial charge on any atom is -0.508 e. The van der Waals surface area contributed by atoms with Crippen molar-refractivity contribution < 1.29 is 14.6 Å². The number of anilines is 2. The number of nitrogens with zero attached hydrogens (tertiary/aromatic N) is 6. The van der Waals surface area contributed by atoms with Crippen LogP contribution >= 0.6 is 0 Å². The molecule has 0 atom stereocenters. The molecule has 6 rings (SSSR count). The van der Waals surface area contributed by atoms with Gasteiger partial charge in [-0.1, -0.05) is 30.7 Å². The standard InChI is InChI=1S/C31H38N6O3/c38-19-6-12-35-14-16-36(17-15-35)30-27-9-13-37(29-22-25(39)21-24-7-2-3-8-26(24)29)23-28(27)32-31(33-30)40-20-18-34-10-4-1-5-11-34/h2-3,6-8,12,19,21-22,39H,1,4-5,9-11,13-18,20,23H2. The summed E-state index contributed by atoms with van der Waals surface area (Å²) >= 11 is 0. The van der Waals surface area contributed by atoms with Crippen molar-refractivity contribution in [3.63, 3.8) is 0 Å². The molecule has 0 bridgehead atoms. The summed E-state index contributed by atoms with van der Waals surface area (Å²) in [6, 6.07) is 12.3. The monoisotopic (exact) mass is 542 g/mol. The van der Waals surface area contributed by atoms with Crippen LogP contribution in [0.15, 0.2) is 48.7 Å². The van der Waals surface area contributed by atoms with Gasteiger partial charge in [0.15, 0.2) is 0 Å². The lowest BCUT2D eigenvalue weighted by Gasteiger charge is -2.38. The normalized spacial score (nSPS) is 18.4. The second kappa shape index (κ2) is 12.1. The molecule has 2 aromatic carbocycles. The van der Waals surface area contributed by atoms with Gasteiger partial charge in [-0.3, -0.25) is 9.69 Å². The number of phenols is 1. The van der Waals surface area contributed by atoms with Crippen LogP contribution in [0.2, 0.25) is 0 Å². The molecule has 210 valence electrons. The van der Waals surface area contributed by atoms with Gasteiger partial charge in [0.2, 0.25) is 0 Å². The number of aromatic nitrogens is 2. The number of aromatic hydroxyl groups is 1. The van der Waals surface area contributed by atoms with Crippen LogP contribution in [0.3, 0.4) is 0 Å². The molecule has 0 radical (unpaired) electrons. The van der Waals surface area contributed by atoms with Gasteiger partial charge in [0, 0.05) is 68.2 Å². The van der Waals surface area contributed by atoms with Gasteiger partial charge in [-0.25, -0.2) is 0 Å². The Balaban J connectivity index is 1.26. The smallest absolute Gasteiger partial charge is 0.318 e. The molecule has 9 heteroatoms. The lowest BCUT2D eigenvalue weighted by Crippen LogP contribution is -2.45.